The van der Waals surface area contributed by atoms with Crippen molar-refractivity contribution in [2.45, 2.75) is 13.3 Å². The number of carbonyl (C=O) groups is 1. The molecular weight excluding hydrogens is 343 g/mol. The number of anilines is 1. The van der Waals surface area contributed by atoms with Crippen molar-refractivity contribution >= 4 is 22.6 Å². The quantitative estimate of drug-likeness (QED) is 0.597. The van der Waals surface area contributed by atoms with Gasteiger partial charge in [0.2, 0.25) is 5.91 Å². The summed E-state index contributed by atoms with van der Waals surface area (Å²) in [6, 6.07) is 19.3. The maximum Gasteiger partial charge on any atom is 0.229 e. The average molecular weight is 360 g/mol. The molecule has 1 amide bonds. The molecule has 0 unspecified atom stereocenters. The molecule has 2 aromatic carbocycles. The lowest BCUT2D eigenvalue weighted by Gasteiger charge is -2.09. The Kier molecular flexibility index (Phi) is 4.38. The lowest BCUT2D eigenvalue weighted by molar-refractivity contribution is -0.115. The van der Waals surface area contributed by atoms with Crippen LogP contribution in [-0.4, -0.2) is 20.7 Å². The van der Waals surface area contributed by atoms with Crippen molar-refractivity contribution < 1.29 is 9.18 Å². The second kappa shape index (κ2) is 6.99. The van der Waals surface area contributed by atoms with Gasteiger partial charge in [0, 0.05) is 11.5 Å². The van der Waals surface area contributed by atoms with Crippen LogP contribution < -0.4 is 5.32 Å². The van der Waals surface area contributed by atoms with Crippen LogP contribution in [0, 0.1) is 12.7 Å². The fraction of sp³-hybridized carbons (Fsp3) is 0.0952. The van der Waals surface area contributed by atoms with E-state index in [4.69, 9.17) is 0 Å². The van der Waals surface area contributed by atoms with Crippen LogP contribution >= 0.6 is 0 Å². The molecule has 0 fully saturated rings. The van der Waals surface area contributed by atoms with E-state index in [1.165, 1.54) is 12.1 Å². The molecule has 0 aliphatic heterocycles. The number of aryl methyl sites for hydroxylation is 1. The summed E-state index contributed by atoms with van der Waals surface area (Å²) in [6.07, 6.45) is 0.148. The third kappa shape index (κ3) is 3.69. The Hall–Kier alpha value is -3.54. The Morgan fingerprint density at radius 1 is 1.07 bits per heavy atom. The Bertz CT molecular complexity index is 1120. The van der Waals surface area contributed by atoms with E-state index >= 15 is 0 Å². The van der Waals surface area contributed by atoms with Gasteiger partial charge in [-0.3, -0.25) is 4.79 Å². The summed E-state index contributed by atoms with van der Waals surface area (Å²) in [7, 11) is 0. The van der Waals surface area contributed by atoms with Gasteiger partial charge in [-0.15, -0.1) is 0 Å². The molecule has 0 spiro atoms. The van der Waals surface area contributed by atoms with Gasteiger partial charge in [-0.1, -0.05) is 30.3 Å². The number of aromatic nitrogens is 3. The second-order valence-electron chi connectivity index (χ2n) is 6.30. The maximum absolute atomic E-state index is 13.0. The smallest absolute Gasteiger partial charge is 0.229 e. The average Bonchev–Trinajstić information content (AvgIpc) is 3.03. The van der Waals surface area contributed by atoms with E-state index in [2.05, 4.69) is 15.4 Å². The van der Waals surface area contributed by atoms with Crippen molar-refractivity contribution in [3.05, 3.63) is 83.8 Å². The zero-order chi connectivity index (χ0) is 18.8. The first-order valence-electron chi connectivity index (χ1n) is 8.55. The van der Waals surface area contributed by atoms with Gasteiger partial charge in [0.25, 0.3) is 0 Å². The Labute approximate surface area is 155 Å². The van der Waals surface area contributed by atoms with Crippen LogP contribution in [0.15, 0.2) is 66.7 Å². The van der Waals surface area contributed by atoms with Gasteiger partial charge in [0.15, 0.2) is 5.82 Å². The fourth-order valence-corrected chi connectivity index (χ4v) is 2.91. The minimum absolute atomic E-state index is 0.148. The Morgan fingerprint density at radius 2 is 1.85 bits per heavy atom. The number of nitrogens with one attached hydrogen (secondary N) is 1. The molecule has 6 heteroatoms. The van der Waals surface area contributed by atoms with Crippen LogP contribution in [0.1, 0.15) is 11.3 Å². The zero-order valence-electron chi connectivity index (χ0n) is 14.7. The van der Waals surface area contributed by atoms with Crippen LogP contribution in [0.2, 0.25) is 0 Å². The number of carbonyl (C=O) groups excluding carboxylic acids is 1. The molecule has 2 heterocycles. The maximum atomic E-state index is 13.0. The number of benzene rings is 2. The van der Waals surface area contributed by atoms with Gasteiger partial charge >= 0.3 is 0 Å². The van der Waals surface area contributed by atoms with E-state index < -0.39 is 0 Å². The van der Waals surface area contributed by atoms with E-state index in [-0.39, 0.29) is 18.1 Å². The first-order valence-corrected chi connectivity index (χ1v) is 8.55. The normalized spacial score (nSPS) is 10.9. The van der Waals surface area contributed by atoms with Crippen molar-refractivity contribution in [2.75, 3.05) is 5.32 Å². The summed E-state index contributed by atoms with van der Waals surface area (Å²) in [5.74, 6) is 0.639. The molecular formula is C21H17FN4O. The highest BCUT2D eigenvalue weighted by atomic mass is 19.1. The van der Waals surface area contributed by atoms with Crippen molar-refractivity contribution in [3.63, 3.8) is 0 Å². The van der Waals surface area contributed by atoms with Crippen LogP contribution in [0.4, 0.5) is 10.2 Å². The Balaban J connectivity index is 1.60. The largest absolute Gasteiger partial charge is 0.310 e. The first-order chi connectivity index (χ1) is 13.1. The number of pyridine rings is 1. The molecule has 4 rings (SSSR count). The van der Waals surface area contributed by atoms with Crippen LogP contribution in [-0.2, 0) is 11.2 Å². The molecule has 0 saturated carbocycles. The van der Waals surface area contributed by atoms with Gasteiger partial charge in [-0.05, 0) is 42.8 Å². The molecule has 0 radical (unpaired) electrons. The monoisotopic (exact) mass is 360 g/mol. The standard InChI is InChI=1S/C21H17FN4O/c1-14-12-20(24-21(27)13-15-6-9-17(22)10-7-15)26(25-14)19-11-8-16-4-2-3-5-18(16)23-19/h2-12H,13H2,1H3,(H,24,27). The predicted octanol–water partition coefficient (Wildman–Crippen LogP) is 4.05. The lowest BCUT2D eigenvalue weighted by atomic mass is 10.1. The molecule has 0 aliphatic rings. The van der Waals surface area contributed by atoms with Gasteiger partial charge < -0.3 is 5.32 Å². The third-order valence-corrected chi connectivity index (χ3v) is 4.18. The highest BCUT2D eigenvalue weighted by molar-refractivity contribution is 5.91. The van der Waals surface area contributed by atoms with Gasteiger partial charge in [-0.2, -0.15) is 9.78 Å². The topological polar surface area (TPSA) is 59.8 Å². The molecule has 0 saturated heterocycles. The van der Waals surface area contributed by atoms with E-state index in [0.717, 1.165) is 22.2 Å². The molecule has 0 atom stereocenters. The summed E-state index contributed by atoms with van der Waals surface area (Å²) in [5.41, 5.74) is 2.36. The molecule has 27 heavy (non-hydrogen) atoms. The van der Waals surface area contributed by atoms with E-state index in [9.17, 15) is 9.18 Å². The Morgan fingerprint density at radius 3 is 2.67 bits per heavy atom. The molecule has 4 aromatic rings. The highest BCUT2D eigenvalue weighted by Gasteiger charge is 2.13. The number of nitrogens with zero attached hydrogens (tertiary/aromatic N) is 3. The van der Waals surface area contributed by atoms with Crippen molar-refractivity contribution in [2.24, 2.45) is 0 Å². The minimum Gasteiger partial charge on any atom is -0.310 e. The second-order valence-corrected chi connectivity index (χ2v) is 6.30. The van der Waals surface area contributed by atoms with Gasteiger partial charge in [0.1, 0.15) is 11.6 Å². The number of amides is 1. The summed E-state index contributed by atoms with van der Waals surface area (Å²) >= 11 is 0. The fourth-order valence-electron chi connectivity index (χ4n) is 2.91. The number of fused-ring (bicyclic) bond motifs is 1. The van der Waals surface area contributed by atoms with Gasteiger partial charge in [0.05, 0.1) is 17.6 Å². The number of rotatable bonds is 4. The van der Waals surface area contributed by atoms with E-state index in [1.54, 1.807) is 22.9 Å². The summed E-state index contributed by atoms with van der Waals surface area (Å²) in [4.78, 5) is 17.0. The van der Waals surface area contributed by atoms with Crippen LogP contribution in [0.5, 0.6) is 0 Å². The zero-order valence-corrected chi connectivity index (χ0v) is 14.7. The summed E-state index contributed by atoms with van der Waals surface area (Å²) in [5, 5.41) is 8.35. The van der Waals surface area contributed by atoms with E-state index in [0.29, 0.717) is 11.6 Å². The summed E-state index contributed by atoms with van der Waals surface area (Å²) in [6.45, 7) is 1.85. The SMILES string of the molecule is Cc1cc(NC(=O)Cc2ccc(F)cc2)n(-c2ccc3ccccc3n2)n1. The lowest BCUT2D eigenvalue weighted by Crippen LogP contribution is -2.17. The number of para-hydroxylation sites is 1. The highest BCUT2D eigenvalue weighted by Crippen LogP contribution is 2.19. The van der Waals surface area contributed by atoms with Crippen molar-refractivity contribution in [1.82, 2.24) is 14.8 Å². The molecule has 5 nitrogen and oxygen atoms in total. The van der Waals surface area contributed by atoms with Crippen molar-refractivity contribution in [1.29, 1.82) is 0 Å². The summed E-state index contributed by atoms with van der Waals surface area (Å²) < 4.78 is 14.6. The van der Waals surface area contributed by atoms with Crippen molar-refractivity contribution in [3.8, 4) is 5.82 Å². The van der Waals surface area contributed by atoms with Crippen LogP contribution in [0.3, 0.4) is 0 Å². The predicted molar refractivity (Wildman–Crippen MR) is 102 cm³/mol. The molecule has 134 valence electrons. The first kappa shape index (κ1) is 16.9. The number of hydrogen-bond donors (Lipinski definition) is 1. The van der Waals surface area contributed by atoms with E-state index in [1.807, 2.05) is 43.3 Å². The molecule has 0 aliphatic carbocycles. The molecule has 1 N–H and O–H groups in total. The number of hydrogen-bond acceptors (Lipinski definition) is 3. The van der Waals surface area contributed by atoms with Crippen LogP contribution in [0.25, 0.3) is 16.7 Å². The minimum atomic E-state index is -0.324. The third-order valence-electron chi connectivity index (χ3n) is 4.18. The number of halogens is 1. The molecule has 0 bridgehead atoms. The molecule has 2 aromatic heterocycles. The van der Waals surface area contributed by atoms with Gasteiger partial charge in [-0.25, -0.2) is 9.37 Å².